The number of rotatable bonds is 1. The zero-order valence-electron chi connectivity index (χ0n) is 9.93. The molecule has 1 aliphatic heterocycles. The van der Waals surface area contributed by atoms with E-state index in [0.29, 0.717) is 5.92 Å². The molecule has 2 N–H and O–H groups in total. The van der Waals surface area contributed by atoms with Crippen molar-refractivity contribution in [1.29, 1.82) is 0 Å². The number of benzene rings is 1. The van der Waals surface area contributed by atoms with Crippen molar-refractivity contribution in [2.45, 2.75) is 19.4 Å². The van der Waals surface area contributed by atoms with E-state index in [-0.39, 0.29) is 0 Å². The third-order valence-corrected chi connectivity index (χ3v) is 3.78. The fraction of sp³-hybridized carbons (Fsp3) is 0.385. The Morgan fingerprint density at radius 1 is 1.41 bits per heavy atom. The second-order valence-corrected chi connectivity index (χ2v) is 4.96. The first-order valence-corrected chi connectivity index (χ1v) is 6.17. The summed E-state index contributed by atoms with van der Waals surface area (Å²) in [4.78, 5) is 3.48. The van der Waals surface area contributed by atoms with E-state index in [0.717, 1.165) is 34.8 Å². The van der Waals surface area contributed by atoms with Gasteiger partial charge in [-0.15, -0.1) is 0 Å². The van der Waals surface area contributed by atoms with Crippen molar-refractivity contribution in [2.24, 2.45) is 0 Å². The average Bonchev–Trinajstić information content (AvgIpc) is 2.71. The van der Waals surface area contributed by atoms with Gasteiger partial charge in [0.2, 0.25) is 0 Å². The van der Waals surface area contributed by atoms with Crippen LogP contribution >= 0.6 is 11.6 Å². The van der Waals surface area contributed by atoms with E-state index in [1.807, 2.05) is 12.1 Å². The molecule has 3 nitrogen and oxygen atoms in total. The van der Waals surface area contributed by atoms with Gasteiger partial charge in [0.25, 0.3) is 0 Å². The first kappa shape index (κ1) is 10.9. The normalized spacial score (nSPS) is 19.4. The highest BCUT2D eigenvalue weighted by Crippen LogP contribution is 2.38. The topological polar surface area (TPSA) is 37.0 Å². The Bertz CT molecular complexity index is 576. The number of methoxy groups -OCH3 is 1. The van der Waals surface area contributed by atoms with E-state index < -0.39 is 0 Å². The lowest BCUT2D eigenvalue weighted by Crippen LogP contribution is -2.26. The van der Waals surface area contributed by atoms with Crippen molar-refractivity contribution in [3.05, 3.63) is 28.4 Å². The van der Waals surface area contributed by atoms with Crippen LogP contribution in [0.1, 0.15) is 24.1 Å². The molecular formula is C13H15ClN2O. The first-order valence-electron chi connectivity index (χ1n) is 5.80. The molecule has 17 heavy (non-hydrogen) atoms. The van der Waals surface area contributed by atoms with E-state index in [2.05, 4.69) is 17.2 Å². The molecule has 1 unspecified atom stereocenters. The largest absolute Gasteiger partial charge is 0.495 e. The Kier molecular flexibility index (Phi) is 2.53. The van der Waals surface area contributed by atoms with Crippen molar-refractivity contribution in [2.75, 3.05) is 13.7 Å². The van der Waals surface area contributed by atoms with Crippen LogP contribution in [0.15, 0.2) is 12.1 Å². The zero-order chi connectivity index (χ0) is 12.0. The summed E-state index contributed by atoms with van der Waals surface area (Å²) < 4.78 is 5.39. The molecule has 0 spiro atoms. The van der Waals surface area contributed by atoms with Gasteiger partial charge in [0.1, 0.15) is 5.75 Å². The Morgan fingerprint density at radius 3 is 3.00 bits per heavy atom. The molecule has 0 saturated heterocycles. The van der Waals surface area contributed by atoms with Crippen molar-refractivity contribution < 1.29 is 4.74 Å². The molecule has 0 fully saturated rings. The van der Waals surface area contributed by atoms with E-state index in [4.69, 9.17) is 16.3 Å². The molecule has 1 aromatic carbocycles. The summed E-state index contributed by atoms with van der Waals surface area (Å²) in [6, 6.07) is 3.81. The number of nitrogens with one attached hydrogen (secondary N) is 2. The molecule has 1 aliphatic rings. The minimum absolute atomic E-state index is 0.479. The number of halogens is 1. The standard InChI is InChI=1S/C13H15ClN2O/c1-7-5-15-6-8-11-9(14)3-4-10(17-2)13(11)16-12(7)8/h3-4,7,15-16H,5-6H2,1-2H3. The summed E-state index contributed by atoms with van der Waals surface area (Å²) in [7, 11) is 1.68. The number of aromatic nitrogens is 1. The van der Waals surface area contributed by atoms with Crippen LogP contribution in [0.5, 0.6) is 5.75 Å². The van der Waals surface area contributed by atoms with Crippen LogP contribution in [0.4, 0.5) is 0 Å². The van der Waals surface area contributed by atoms with Crippen molar-refractivity contribution >= 4 is 22.5 Å². The smallest absolute Gasteiger partial charge is 0.143 e. The lowest BCUT2D eigenvalue weighted by molar-refractivity contribution is 0.419. The molecule has 2 heterocycles. The molecule has 4 heteroatoms. The molecule has 3 rings (SSSR count). The highest BCUT2D eigenvalue weighted by molar-refractivity contribution is 6.36. The molecule has 0 saturated carbocycles. The summed E-state index contributed by atoms with van der Waals surface area (Å²) in [5.74, 6) is 1.33. The molecular weight excluding hydrogens is 236 g/mol. The van der Waals surface area contributed by atoms with Crippen molar-refractivity contribution in [3.63, 3.8) is 0 Å². The number of fused-ring (bicyclic) bond motifs is 3. The minimum Gasteiger partial charge on any atom is -0.495 e. The molecule has 2 aromatic rings. The van der Waals surface area contributed by atoms with Gasteiger partial charge in [0.15, 0.2) is 0 Å². The molecule has 0 radical (unpaired) electrons. The quantitative estimate of drug-likeness (QED) is 0.816. The van der Waals surface area contributed by atoms with Gasteiger partial charge in [-0.05, 0) is 17.7 Å². The molecule has 1 atom stereocenters. The van der Waals surface area contributed by atoms with E-state index in [1.54, 1.807) is 7.11 Å². The van der Waals surface area contributed by atoms with Gasteiger partial charge in [-0.1, -0.05) is 18.5 Å². The average molecular weight is 251 g/mol. The van der Waals surface area contributed by atoms with Crippen LogP contribution < -0.4 is 10.1 Å². The van der Waals surface area contributed by atoms with Crippen LogP contribution in [0, 0.1) is 0 Å². The maximum atomic E-state index is 6.31. The Balaban J connectivity index is 2.36. The lowest BCUT2D eigenvalue weighted by Gasteiger charge is -2.19. The van der Waals surface area contributed by atoms with E-state index in [9.17, 15) is 0 Å². The summed E-state index contributed by atoms with van der Waals surface area (Å²) in [6.45, 7) is 4.08. The van der Waals surface area contributed by atoms with Crippen LogP contribution in [0.2, 0.25) is 5.02 Å². The van der Waals surface area contributed by atoms with Gasteiger partial charge in [0.05, 0.1) is 17.6 Å². The van der Waals surface area contributed by atoms with E-state index >= 15 is 0 Å². The number of H-pyrrole nitrogens is 1. The lowest BCUT2D eigenvalue weighted by atomic mass is 9.98. The van der Waals surface area contributed by atoms with Crippen LogP contribution in [-0.2, 0) is 6.54 Å². The molecule has 90 valence electrons. The maximum Gasteiger partial charge on any atom is 0.143 e. The molecule has 0 bridgehead atoms. The highest BCUT2D eigenvalue weighted by Gasteiger charge is 2.23. The predicted molar refractivity (Wildman–Crippen MR) is 70.0 cm³/mol. The van der Waals surface area contributed by atoms with E-state index in [1.165, 1.54) is 11.3 Å². The SMILES string of the molecule is COc1ccc(Cl)c2c3c([nH]c12)C(C)CNC3. The van der Waals surface area contributed by atoms with Crippen molar-refractivity contribution in [1.82, 2.24) is 10.3 Å². The fourth-order valence-corrected chi connectivity index (χ4v) is 2.88. The highest BCUT2D eigenvalue weighted by atomic mass is 35.5. The molecule has 1 aromatic heterocycles. The van der Waals surface area contributed by atoms with Gasteiger partial charge in [0, 0.05) is 30.1 Å². The fourth-order valence-electron chi connectivity index (χ4n) is 2.61. The predicted octanol–water partition coefficient (Wildman–Crippen LogP) is 3.04. The Morgan fingerprint density at radius 2 is 2.24 bits per heavy atom. The third kappa shape index (κ3) is 1.53. The number of aromatic amines is 1. The molecule has 0 aliphatic carbocycles. The monoisotopic (exact) mass is 250 g/mol. The number of hydrogen-bond acceptors (Lipinski definition) is 2. The van der Waals surface area contributed by atoms with Gasteiger partial charge in [-0.3, -0.25) is 0 Å². The Labute approximate surface area is 105 Å². The second kappa shape index (κ2) is 3.93. The number of hydrogen-bond donors (Lipinski definition) is 2. The molecule has 0 amide bonds. The zero-order valence-corrected chi connectivity index (χ0v) is 10.7. The van der Waals surface area contributed by atoms with Crippen LogP contribution in [0.25, 0.3) is 10.9 Å². The number of ether oxygens (including phenoxy) is 1. The first-order chi connectivity index (χ1) is 8.22. The van der Waals surface area contributed by atoms with Gasteiger partial charge in [-0.2, -0.15) is 0 Å². The Hall–Kier alpha value is -1.19. The second-order valence-electron chi connectivity index (χ2n) is 4.55. The van der Waals surface area contributed by atoms with Crippen LogP contribution in [-0.4, -0.2) is 18.6 Å². The maximum absolute atomic E-state index is 6.31. The summed E-state index contributed by atoms with van der Waals surface area (Å²) in [5.41, 5.74) is 3.58. The van der Waals surface area contributed by atoms with Gasteiger partial charge >= 0.3 is 0 Å². The minimum atomic E-state index is 0.479. The summed E-state index contributed by atoms with van der Waals surface area (Å²) >= 11 is 6.31. The summed E-state index contributed by atoms with van der Waals surface area (Å²) in [5, 5.41) is 5.30. The van der Waals surface area contributed by atoms with Gasteiger partial charge in [-0.25, -0.2) is 0 Å². The third-order valence-electron chi connectivity index (χ3n) is 3.47. The summed E-state index contributed by atoms with van der Waals surface area (Å²) in [6.07, 6.45) is 0. The van der Waals surface area contributed by atoms with Gasteiger partial charge < -0.3 is 15.0 Å². The van der Waals surface area contributed by atoms with Crippen LogP contribution in [0.3, 0.4) is 0 Å². The van der Waals surface area contributed by atoms with Crippen molar-refractivity contribution in [3.8, 4) is 5.75 Å².